The van der Waals surface area contributed by atoms with E-state index in [1.807, 2.05) is 0 Å². The molecule has 2 rings (SSSR count). The molecule has 0 unspecified atom stereocenters. The highest BCUT2D eigenvalue weighted by Crippen LogP contribution is 2.15. The summed E-state index contributed by atoms with van der Waals surface area (Å²) in [5, 5.41) is 3.27. The Hall–Kier alpha value is -1.43. The molecule has 0 aromatic carbocycles. The molecule has 0 amide bonds. The van der Waals surface area contributed by atoms with Gasteiger partial charge in [-0.3, -0.25) is 4.21 Å². The van der Waals surface area contributed by atoms with Crippen LogP contribution in [0.15, 0.2) is 18.3 Å². The zero-order valence-corrected chi connectivity index (χ0v) is 11.0. The Morgan fingerprint density at radius 2 is 2.22 bits per heavy atom. The van der Waals surface area contributed by atoms with Gasteiger partial charge < -0.3 is 10.1 Å². The zero-order chi connectivity index (χ0) is 13.0. The van der Waals surface area contributed by atoms with Crippen molar-refractivity contribution in [1.29, 1.82) is 0 Å². The van der Waals surface area contributed by atoms with Gasteiger partial charge in [0.05, 0.1) is 12.7 Å². The lowest BCUT2D eigenvalue weighted by molar-refractivity contribution is 0.0600. The summed E-state index contributed by atoms with van der Waals surface area (Å²) in [4.78, 5) is 15.6. The number of pyridine rings is 1. The zero-order valence-electron chi connectivity index (χ0n) is 10.2. The number of methoxy groups -OCH3 is 1. The van der Waals surface area contributed by atoms with Crippen LogP contribution in [0.25, 0.3) is 0 Å². The lowest BCUT2D eigenvalue weighted by Gasteiger charge is -2.23. The van der Waals surface area contributed by atoms with E-state index >= 15 is 0 Å². The van der Waals surface area contributed by atoms with Gasteiger partial charge in [0.25, 0.3) is 0 Å². The van der Waals surface area contributed by atoms with E-state index in [-0.39, 0.29) is 12.0 Å². The van der Waals surface area contributed by atoms with E-state index in [2.05, 4.69) is 15.0 Å². The third-order valence-electron chi connectivity index (χ3n) is 2.92. The smallest absolute Gasteiger partial charge is 0.338 e. The SMILES string of the molecule is COC(=O)c1ccnc(NC2CCS(=O)CC2)c1. The lowest BCUT2D eigenvalue weighted by atomic mass is 10.1. The molecule has 0 atom stereocenters. The van der Waals surface area contributed by atoms with Crippen molar-refractivity contribution < 1.29 is 13.7 Å². The first-order valence-electron chi connectivity index (χ1n) is 5.85. The Morgan fingerprint density at radius 1 is 1.50 bits per heavy atom. The molecule has 0 aliphatic carbocycles. The van der Waals surface area contributed by atoms with Gasteiger partial charge in [0, 0.05) is 34.5 Å². The van der Waals surface area contributed by atoms with Crippen LogP contribution in [0.4, 0.5) is 5.82 Å². The summed E-state index contributed by atoms with van der Waals surface area (Å²) < 4.78 is 15.9. The number of carbonyl (C=O) groups excluding carboxylic acids is 1. The normalized spacial score (nSPS) is 23.4. The predicted molar refractivity (Wildman–Crippen MR) is 70.1 cm³/mol. The van der Waals surface area contributed by atoms with Gasteiger partial charge in [0.2, 0.25) is 0 Å². The van der Waals surface area contributed by atoms with Gasteiger partial charge in [-0.2, -0.15) is 0 Å². The first-order chi connectivity index (χ1) is 8.69. The quantitative estimate of drug-likeness (QED) is 0.834. The molecule has 1 aliphatic rings. The third kappa shape index (κ3) is 3.29. The first kappa shape index (κ1) is 13.0. The maximum absolute atomic E-state index is 11.4. The molecule has 1 aromatic rings. The van der Waals surface area contributed by atoms with Crippen molar-refractivity contribution >= 4 is 22.6 Å². The maximum Gasteiger partial charge on any atom is 0.338 e. The minimum atomic E-state index is -0.667. The number of hydrogen-bond acceptors (Lipinski definition) is 5. The number of nitrogens with zero attached hydrogens (tertiary/aromatic N) is 1. The van der Waals surface area contributed by atoms with Crippen molar-refractivity contribution in [3.8, 4) is 0 Å². The summed E-state index contributed by atoms with van der Waals surface area (Å²) in [5.41, 5.74) is 0.481. The Kier molecular flexibility index (Phi) is 4.30. The highest BCUT2D eigenvalue weighted by molar-refractivity contribution is 7.85. The van der Waals surface area contributed by atoms with Gasteiger partial charge in [0.1, 0.15) is 5.82 Å². The Balaban J connectivity index is 2.01. The number of carbonyl (C=O) groups is 1. The van der Waals surface area contributed by atoms with Crippen LogP contribution in [-0.2, 0) is 15.5 Å². The molecule has 0 saturated carbocycles. The molecule has 5 nitrogen and oxygen atoms in total. The van der Waals surface area contributed by atoms with Crippen molar-refractivity contribution in [1.82, 2.24) is 4.98 Å². The second kappa shape index (κ2) is 5.95. The van der Waals surface area contributed by atoms with E-state index in [9.17, 15) is 9.00 Å². The standard InChI is InChI=1S/C12H16N2O3S/c1-17-12(15)9-2-5-13-11(8-9)14-10-3-6-18(16)7-4-10/h2,5,8,10H,3-4,6-7H2,1H3,(H,13,14). The van der Waals surface area contributed by atoms with Gasteiger partial charge in [0.15, 0.2) is 0 Å². The van der Waals surface area contributed by atoms with Crippen molar-refractivity contribution in [2.75, 3.05) is 23.9 Å². The van der Waals surface area contributed by atoms with E-state index in [4.69, 9.17) is 0 Å². The first-order valence-corrected chi connectivity index (χ1v) is 7.33. The number of anilines is 1. The van der Waals surface area contributed by atoms with Crippen LogP contribution < -0.4 is 5.32 Å². The van der Waals surface area contributed by atoms with Crippen molar-refractivity contribution in [3.63, 3.8) is 0 Å². The molecule has 18 heavy (non-hydrogen) atoms. The number of hydrogen-bond donors (Lipinski definition) is 1. The molecule has 0 radical (unpaired) electrons. The fourth-order valence-electron chi connectivity index (χ4n) is 1.90. The van der Waals surface area contributed by atoms with Crippen LogP contribution in [0.3, 0.4) is 0 Å². The van der Waals surface area contributed by atoms with Crippen molar-refractivity contribution in [3.05, 3.63) is 23.9 Å². The largest absolute Gasteiger partial charge is 0.465 e. The van der Waals surface area contributed by atoms with Crippen LogP contribution >= 0.6 is 0 Å². The summed E-state index contributed by atoms with van der Waals surface area (Å²) in [6.07, 6.45) is 3.32. The van der Waals surface area contributed by atoms with Crippen LogP contribution in [-0.4, -0.2) is 39.8 Å². The minimum absolute atomic E-state index is 0.281. The van der Waals surface area contributed by atoms with Crippen LogP contribution in [0.2, 0.25) is 0 Å². The molecule has 1 N–H and O–H groups in total. The summed E-state index contributed by atoms with van der Waals surface area (Å²) in [7, 11) is 0.687. The van der Waals surface area contributed by atoms with E-state index in [1.165, 1.54) is 7.11 Å². The van der Waals surface area contributed by atoms with Crippen molar-refractivity contribution in [2.24, 2.45) is 0 Å². The monoisotopic (exact) mass is 268 g/mol. The number of ether oxygens (including phenoxy) is 1. The molecule has 1 saturated heterocycles. The molecule has 98 valence electrons. The number of aromatic nitrogens is 1. The van der Waals surface area contributed by atoms with Gasteiger partial charge in [-0.15, -0.1) is 0 Å². The number of nitrogens with one attached hydrogen (secondary N) is 1. The predicted octanol–water partition coefficient (Wildman–Crippen LogP) is 1.19. The fourth-order valence-corrected chi connectivity index (χ4v) is 3.20. The molecule has 1 aromatic heterocycles. The topological polar surface area (TPSA) is 68.3 Å². The van der Waals surface area contributed by atoms with Gasteiger partial charge in [-0.1, -0.05) is 0 Å². The average molecular weight is 268 g/mol. The van der Waals surface area contributed by atoms with Crippen LogP contribution in [0.1, 0.15) is 23.2 Å². The van der Waals surface area contributed by atoms with Gasteiger partial charge in [-0.25, -0.2) is 9.78 Å². The van der Waals surface area contributed by atoms with E-state index in [1.54, 1.807) is 18.3 Å². The van der Waals surface area contributed by atoms with E-state index in [0.717, 1.165) is 24.3 Å². The highest BCUT2D eigenvalue weighted by atomic mass is 32.2. The number of rotatable bonds is 3. The molecule has 1 fully saturated rings. The molecule has 0 spiro atoms. The molecule has 0 bridgehead atoms. The maximum atomic E-state index is 11.4. The second-order valence-corrected chi connectivity index (χ2v) is 5.88. The summed E-state index contributed by atoms with van der Waals surface area (Å²) in [5.74, 6) is 1.75. The van der Waals surface area contributed by atoms with Crippen LogP contribution in [0, 0.1) is 0 Å². The molecule has 2 heterocycles. The lowest BCUT2D eigenvalue weighted by Crippen LogP contribution is -2.29. The Bertz CT molecular complexity index is 454. The highest BCUT2D eigenvalue weighted by Gasteiger charge is 2.18. The Labute approximate surface area is 108 Å². The molecular weight excluding hydrogens is 252 g/mol. The summed E-state index contributed by atoms with van der Waals surface area (Å²) >= 11 is 0. The third-order valence-corrected chi connectivity index (χ3v) is 4.30. The Morgan fingerprint density at radius 3 is 2.89 bits per heavy atom. The minimum Gasteiger partial charge on any atom is -0.465 e. The molecular formula is C12H16N2O3S. The fraction of sp³-hybridized carbons (Fsp3) is 0.500. The van der Waals surface area contributed by atoms with Crippen LogP contribution in [0.5, 0.6) is 0 Å². The molecule has 1 aliphatic heterocycles. The van der Waals surface area contributed by atoms with Crippen molar-refractivity contribution in [2.45, 2.75) is 18.9 Å². The van der Waals surface area contributed by atoms with E-state index in [0.29, 0.717) is 11.4 Å². The van der Waals surface area contributed by atoms with Gasteiger partial charge in [-0.05, 0) is 25.0 Å². The van der Waals surface area contributed by atoms with E-state index < -0.39 is 10.8 Å². The number of esters is 1. The van der Waals surface area contributed by atoms with Gasteiger partial charge >= 0.3 is 5.97 Å². The average Bonchev–Trinajstić information content (AvgIpc) is 2.41. The summed E-state index contributed by atoms with van der Waals surface area (Å²) in [6.45, 7) is 0. The second-order valence-electron chi connectivity index (χ2n) is 4.19. The molecule has 6 heteroatoms. The summed E-state index contributed by atoms with van der Waals surface area (Å²) in [6, 6.07) is 3.58.